The molecule has 1 aromatic carbocycles. The Morgan fingerprint density at radius 3 is 2.35 bits per heavy atom. The predicted octanol–water partition coefficient (Wildman–Crippen LogP) is 2.28. The average molecular weight is 231 g/mol. The molecule has 2 aromatic rings. The number of aryl methyl sites for hydroxylation is 3. The second-order valence-electron chi connectivity index (χ2n) is 4.33. The molecular weight excluding hydrogens is 214 g/mol. The number of hydrogen-bond donors (Lipinski definition) is 1. The van der Waals surface area contributed by atoms with Gasteiger partial charge in [-0.05, 0) is 19.4 Å². The van der Waals surface area contributed by atoms with Gasteiger partial charge in [0.1, 0.15) is 0 Å². The number of aromatic nitrogens is 2. The van der Waals surface area contributed by atoms with E-state index in [1.807, 2.05) is 0 Å². The Hall–Kier alpha value is -1.68. The van der Waals surface area contributed by atoms with E-state index in [4.69, 9.17) is 4.52 Å². The molecule has 0 atom stereocenters. The van der Waals surface area contributed by atoms with Crippen molar-refractivity contribution in [3.05, 3.63) is 46.6 Å². The molecule has 0 fully saturated rings. The quantitative estimate of drug-likeness (QED) is 0.877. The zero-order chi connectivity index (χ0) is 12.3. The molecule has 0 bridgehead atoms. The molecule has 0 unspecified atom stereocenters. The lowest BCUT2D eigenvalue weighted by molar-refractivity contribution is 0.385. The molecule has 4 nitrogen and oxygen atoms in total. The summed E-state index contributed by atoms with van der Waals surface area (Å²) in [6.07, 6.45) is 0. The lowest BCUT2D eigenvalue weighted by Crippen LogP contribution is -2.13. The van der Waals surface area contributed by atoms with Crippen molar-refractivity contribution >= 4 is 0 Å². The van der Waals surface area contributed by atoms with E-state index < -0.39 is 0 Å². The van der Waals surface area contributed by atoms with E-state index in [-0.39, 0.29) is 0 Å². The Morgan fingerprint density at radius 2 is 1.76 bits per heavy atom. The van der Waals surface area contributed by atoms with Crippen molar-refractivity contribution in [2.75, 3.05) is 0 Å². The molecule has 0 aliphatic carbocycles. The van der Waals surface area contributed by atoms with Gasteiger partial charge in [-0.3, -0.25) is 0 Å². The van der Waals surface area contributed by atoms with Crippen molar-refractivity contribution in [1.29, 1.82) is 0 Å². The first-order chi connectivity index (χ1) is 8.13. The van der Waals surface area contributed by atoms with Gasteiger partial charge in [0, 0.05) is 13.5 Å². The van der Waals surface area contributed by atoms with Gasteiger partial charge in [0.15, 0.2) is 5.82 Å². The monoisotopic (exact) mass is 231 g/mol. The Balaban J connectivity index is 1.89. The highest BCUT2D eigenvalue weighted by Gasteiger charge is 2.01. The summed E-state index contributed by atoms with van der Waals surface area (Å²) < 4.78 is 4.90. The molecule has 90 valence electrons. The summed E-state index contributed by atoms with van der Waals surface area (Å²) in [6, 6.07) is 6.54. The molecule has 0 saturated carbocycles. The lowest BCUT2D eigenvalue weighted by atomic mass is 10.1. The molecule has 0 aliphatic heterocycles. The molecule has 2 rings (SSSR count). The fourth-order valence-corrected chi connectivity index (χ4v) is 1.90. The maximum atomic E-state index is 4.90. The van der Waals surface area contributed by atoms with Gasteiger partial charge < -0.3 is 9.84 Å². The van der Waals surface area contributed by atoms with Crippen molar-refractivity contribution in [1.82, 2.24) is 15.5 Å². The van der Waals surface area contributed by atoms with Gasteiger partial charge in [-0.1, -0.05) is 34.5 Å². The van der Waals surface area contributed by atoms with Gasteiger partial charge >= 0.3 is 0 Å². The molecule has 0 radical (unpaired) electrons. The summed E-state index contributed by atoms with van der Waals surface area (Å²) in [5.41, 5.74) is 3.86. The van der Waals surface area contributed by atoms with E-state index >= 15 is 0 Å². The third-order valence-corrected chi connectivity index (χ3v) is 2.46. The van der Waals surface area contributed by atoms with Crippen LogP contribution in [0.15, 0.2) is 22.7 Å². The number of benzene rings is 1. The molecule has 1 heterocycles. The van der Waals surface area contributed by atoms with Gasteiger partial charge in [0.2, 0.25) is 5.89 Å². The summed E-state index contributed by atoms with van der Waals surface area (Å²) in [5, 5.41) is 7.13. The molecule has 0 spiro atoms. The van der Waals surface area contributed by atoms with Gasteiger partial charge in [0.05, 0.1) is 6.54 Å². The average Bonchev–Trinajstić information content (AvgIpc) is 2.63. The minimum absolute atomic E-state index is 0.605. The van der Waals surface area contributed by atoms with Crippen molar-refractivity contribution in [3.8, 4) is 0 Å². The van der Waals surface area contributed by atoms with Gasteiger partial charge in [0.25, 0.3) is 0 Å². The van der Waals surface area contributed by atoms with Crippen LogP contribution < -0.4 is 5.32 Å². The Kier molecular flexibility index (Phi) is 3.54. The van der Waals surface area contributed by atoms with E-state index in [1.165, 1.54) is 16.7 Å². The van der Waals surface area contributed by atoms with E-state index in [0.717, 1.165) is 6.54 Å². The first-order valence-corrected chi connectivity index (χ1v) is 5.70. The van der Waals surface area contributed by atoms with E-state index in [2.05, 4.69) is 47.5 Å². The first-order valence-electron chi connectivity index (χ1n) is 5.70. The van der Waals surface area contributed by atoms with E-state index in [0.29, 0.717) is 18.3 Å². The molecule has 0 aliphatic rings. The van der Waals surface area contributed by atoms with Crippen molar-refractivity contribution in [3.63, 3.8) is 0 Å². The van der Waals surface area contributed by atoms with Crippen LogP contribution in [0.4, 0.5) is 0 Å². The van der Waals surface area contributed by atoms with Crippen LogP contribution in [0.25, 0.3) is 0 Å². The van der Waals surface area contributed by atoms with Crippen LogP contribution in [0.2, 0.25) is 0 Å². The third kappa shape index (κ3) is 3.39. The minimum atomic E-state index is 0.605. The smallest absolute Gasteiger partial charge is 0.223 e. The van der Waals surface area contributed by atoms with Crippen LogP contribution in [-0.4, -0.2) is 10.1 Å². The van der Waals surface area contributed by atoms with E-state index in [1.54, 1.807) is 6.92 Å². The molecule has 0 amide bonds. The fourth-order valence-electron chi connectivity index (χ4n) is 1.90. The van der Waals surface area contributed by atoms with Gasteiger partial charge in [-0.15, -0.1) is 0 Å². The number of hydrogen-bond acceptors (Lipinski definition) is 4. The summed E-state index contributed by atoms with van der Waals surface area (Å²) in [4.78, 5) is 4.14. The van der Waals surface area contributed by atoms with Crippen LogP contribution in [0.3, 0.4) is 0 Å². The van der Waals surface area contributed by atoms with Gasteiger partial charge in [-0.2, -0.15) is 4.98 Å². The largest absolute Gasteiger partial charge is 0.340 e. The summed E-state index contributed by atoms with van der Waals surface area (Å²) in [5.74, 6) is 1.31. The zero-order valence-electron chi connectivity index (χ0n) is 10.4. The standard InChI is InChI=1S/C13H17N3O/c1-9-4-10(2)6-12(5-9)7-14-8-13-15-11(3)17-16-13/h4-6,14H,7-8H2,1-3H3. The van der Waals surface area contributed by atoms with Crippen LogP contribution in [0.1, 0.15) is 28.4 Å². The topological polar surface area (TPSA) is 51.0 Å². The van der Waals surface area contributed by atoms with Crippen molar-refractivity contribution < 1.29 is 4.52 Å². The Labute approximate surface area is 101 Å². The normalized spacial score (nSPS) is 10.8. The maximum Gasteiger partial charge on any atom is 0.223 e. The molecule has 4 heteroatoms. The van der Waals surface area contributed by atoms with Crippen LogP contribution in [0.5, 0.6) is 0 Å². The summed E-state index contributed by atoms with van der Waals surface area (Å²) in [7, 11) is 0. The fraction of sp³-hybridized carbons (Fsp3) is 0.385. The predicted molar refractivity (Wildman–Crippen MR) is 65.5 cm³/mol. The molecule has 1 aromatic heterocycles. The molecule has 0 saturated heterocycles. The molecular formula is C13H17N3O. The first kappa shape index (κ1) is 11.8. The molecule has 17 heavy (non-hydrogen) atoms. The van der Waals surface area contributed by atoms with Crippen molar-refractivity contribution in [2.45, 2.75) is 33.9 Å². The Bertz CT molecular complexity index is 485. The highest BCUT2D eigenvalue weighted by Crippen LogP contribution is 2.08. The van der Waals surface area contributed by atoms with Gasteiger partial charge in [-0.25, -0.2) is 0 Å². The zero-order valence-corrected chi connectivity index (χ0v) is 10.4. The second kappa shape index (κ2) is 5.10. The second-order valence-corrected chi connectivity index (χ2v) is 4.33. The minimum Gasteiger partial charge on any atom is -0.340 e. The summed E-state index contributed by atoms with van der Waals surface area (Å²) in [6.45, 7) is 7.46. The lowest BCUT2D eigenvalue weighted by Gasteiger charge is -2.05. The Morgan fingerprint density at radius 1 is 1.06 bits per heavy atom. The van der Waals surface area contributed by atoms with Crippen LogP contribution in [0, 0.1) is 20.8 Å². The number of nitrogens with zero attached hydrogens (tertiary/aromatic N) is 2. The number of nitrogens with one attached hydrogen (secondary N) is 1. The summed E-state index contributed by atoms with van der Waals surface area (Å²) >= 11 is 0. The van der Waals surface area contributed by atoms with E-state index in [9.17, 15) is 0 Å². The highest BCUT2D eigenvalue weighted by atomic mass is 16.5. The molecule has 1 N–H and O–H groups in total. The third-order valence-electron chi connectivity index (χ3n) is 2.46. The highest BCUT2D eigenvalue weighted by molar-refractivity contribution is 5.28. The van der Waals surface area contributed by atoms with Crippen LogP contribution >= 0.6 is 0 Å². The van der Waals surface area contributed by atoms with Crippen LogP contribution in [-0.2, 0) is 13.1 Å². The SMILES string of the molecule is Cc1cc(C)cc(CNCc2noc(C)n2)c1. The number of rotatable bonds is 4. The van der Waals surface area contributed by atoms with Crippen molar-refractivity contribution in [2.24, 2.45) is 0 Å². The maximum absolute atomic E-state index is 4.90.